The minimum atomic E-state index is -0.314. The standard InChI is InChI=1S/C30H44N4O3/c1-24-10-12-31(13-11-24)18-19-37-29-9-8-25(20-30(29)36-2)21-32-22-27(28(35)23-32)34-16-14-33(15-17-34)26-6-4-3-5-7-26/h3-9,20,24,27-28,35H,10-19,21-23H2,1-2H3/t27-,28-/m0/s1. The van der Waals surface area contributed by atoms with E-state index in [0.29, 0.717) is 13.2 Å². The van der Waals surface area contributed by atoms with E-state index in [2.05, 4.69) is 69.0 Å². The zero-order chi connectivity index (χ0) is 25.6. The van der Waals surface area contributed by atoms with Crippen LogP contribution in [-0.4, -0.2) is 105 Å². The third-order valence-corrected chi connectivity index (χ3v) is 8.41. The van der Waals surface area contributed by atoms with Gasteiger partial charge in [0.2, 0.25) is 0 Å². The molecule has 2 aromatic rings. The van der Waals surface area contributed by atoms with Crippen molar-refractivity contribution in [3.63, 3.8) is 0 Å². The fraction of sp³-hybridized carbons (Fsp3) is 0.600. The number of nitrogens with zero attached hydrogens (tertiary/aromatic N) is 4. The molecule has 3 saturated heterocycles. The molecule has 7 nitrogen and oxygen atoms in total. The minimum Gasteiger partial charge on any atom is -0.493 e. The Morgan fingerprint density at radius 2 is 1.62 bits per heavy atom. The summed E-state index contributed by atoms with van der Waals surface area (Å²) in [4.78, 5) is 9.78. The first kappa shape index (κ1) is 26.3. The fourth-order valence-electron chi connectivity index (χ4n) is 6.04. The number of anilines is 1. The van der Waals surface area contributed by atoms with Gasteiger partial charge in [0.1, 0.15) is 6.61 Å². The van der Waals surface area contributed by atoms with Crippen molar-refractivity contribution in [3.8, 4) is 11.5 Å². The molecular formula is C30H44N4O3. The van der Waals surface area contributed by atoms with Crippen molar-refractivity contribution < 1.29 is 14.6 Å². The van der Waals surface area contributed by atoms with E-state index in [0.717, 1.165) is 63.2 Å². The van der Waals surface area contributed by atoms with Gasteiger partial charge in [-0.05, 0) is 61.7 Å². The summed E-state index contributed by atoms with van der Waals surface area (Å²) in [6.07, 6.45) is 2.26. The molecule has 3 aliphatic rings. The Kier molecular flexibility index (Phi) is 8.87. The molecule has 0 spiro atoms. The molecule has 0 radical (unpaired) electrons. The molecule has 0 saturated carbocycles. The van der Waals surface area contributed by atoms with Gasteiger partial charge in [-0.3, -0.25) is 14.7 Å². The quantitative estimate of drug-likeness (QED) is 0.558. The number of piperazine rings is 1. The zero-order valence-electron chi connectivity index (χ0n) is 22.6. The minimum absolute atomic E-state index is 0.195. The van der Waals surface area contributed by atoms with Crippen LogP contribution in [0.1, 0.15) is 25.3 Å². The molecule has 3 fully saturated rings. The lowest BCUT2D eigenvalue weighted by Crippen LogP contribution is -2.53. The monoisotopic (exact) mass is 508 g/mol. The van der Waals surface area contributed by atoms with Crippen LogP contribution in [0.15, 0.2) is 48.5 Å². The second kappa shape index (κ2) is 12.5. The Bertz CT molecular complexity index is 974. The molecule has 1 N–H and O–H groups in total. The van der Waals surface area contributed by atoms with Crippen molar-refractivity contribution in [1.82, 2.24) is 14.7 Å². The number of para-hydroxylation sites is 1. The Labute approximate surface area is 222 Å². The fourth-order valence-corrected chi connectivity index (χ4v) is 6.04. The molecule has 2 atom stereocenters. The molecule has 0 aliphatic carbocycles. The lowest BCUT2D eigenvalue weighted by molar-refractivity contribution is 0.0791. The summed E-state index contributed by atoms with van der Waals surface area (Å²) in [7, 11) is 1.71. The third kappa shape index (κ3) is 6.77. The van der Waals surface area contributed by atoms with E-state index in [-0.39, 0.29) is 12.1 Å². The van der Waals surface area contributed by atoms with Gasteiger partial charge in [-0.1, -0.05) is 31.2 Å². The van der Waals surface area contributed by atoms with E-state index < -0.39 is 0 Å². The van der Waals surface area contributed by atoms with Crippen LogP contribution in [0.4, 0.5) is 5.69 Å². The first-order valence-electron chi connectivity index (χ1n) is 14.1. The number of rotatable bonds is 9. The van der Waals surface area contributed by atoms with Crippen molar-refractivity contribution in [2.45, 2.75) is 38.5 Å². The first-order valence-corrected chi connectivity index (χ1v) is 14.1. The summed E-state index contributed by atoms with van der Waals surface area (Å²) < 4.78 is 11.8. The van der Waals surface area contributed by atoms with Crippen molar-refractivity contribution in [2.24, 2.45) is 5.92 Å². The molecule has 3 heterocycles. The molecule has 0 bridgehead atoms. The van der Waals surface area contributed by atoms with E-state index in [1.165, 1.54) is 37.2 Å². The molecule has 0 amide bonds. The largest absolute Gasteiger partial charge is 0.493 e. The van der Waals surface area contributed by atoms with E-state index in [1.807, 2.05) is 6.07 Å². The lowest BCUT2D eigenvalue weighted by atomic mass is 9.99. The Morgan fingerprint density at radius 1 is 0.865 bits per heavy atom. The van der Waals surface area contributed by atoms with Crippen LogP contribution >= 0.6 is 0 Å². The molecule has 0 aromatic heterocycles. The van der Waals surface area contributed by atoms with E-state index in [1.54, 1.807) is 7.11 Å². The van der Waals surface area contributed by atoms with Crippen LogP contribution in [0.25, 0.3) is 0 Å². The van der Waals surface area contributed by atoms with Crippen molar-refractivity contribution in [3.05, 3.63) is 54.1 Å². The number of piperidine rings is 1. The molecule has 3 aliphatic heterocycles. The molecule has 5 rings (SSSR count). The summed E-state index contributed by atoms with van der Waals surface area (Å²) in [5.41, 5.74) is 2.48. The molecule has 7 heteroatoms. The third-order valence-electron chi connectivity index (χ3n) is 8.41. The van der Waals surface area contributed by atoms with Gasteiger partial charge in [0.25, 0.3) is 0 Å². The Hall–Kier alpha value is -2.32. The maximum absolute atomic E-state index is 10.9. The van der Waals surface area contributed by atoms with Crippen molar-refractivity contribution in [2.75, 3.05) is 77.5 Å². The average molecular weight is 509 g/mol. The normalized spacial score (nSPS) is 24.5. The number of likely N-dealkylation sites (tertiary alicyclic amines) is 2. The van der Waals surface area contributed by atoms with Gasteiger partial charge in [-0.25, -0.2) is 0 Å². The molecular weight excluding hydrogens is 464 g/mol. The van der Waals surface area contributed by atoms with E-state index >= 15 is 0 Å². The summed E-state index contributed by atoms with van der Waals surface area (Å²) in [5, 5.41) is 10.9. The Morgan fingerprint density at radius 3 is 2.35 bits per heavy atom. The predicted octanol–water partition coefficient (Wildman–Crippen LogP) is 3.17. The van der Waals surface area contributed by atoms with Crippen LogP contribution in [0, 0.1) is 5.92 Å². The van der Waals surface area contributed by atoms with Gasteiger partial charge in [-0.2, -0.15) is 0 Å². The van der Waals surface area contributed by atoms with Crippen molar-refractivity contribution >= 4 is 5.69 Å². The highest BCUT2D eigenvalue weighted by atomic mass is 16.5. The zero-order valence-corrected chi connectivity index (χ0v) is 22.6. The average Bonchev–Trinajstić information content (AvgIpc) is 3.30. The molecule has 202 valence electrons. The summed E-state index contributed by atoms with van der Waals surface area (Å²) >= 11 is 0. The van der Waals surface area contributed by atoms with Gasteiger partial charge < -0.3 is 19.5 Å². The highest BCUT2D eigenvalue weighted by Gasteiger charge is 2.36. The molecule has 37 heavy (non-hydrogen) atoms. The second-order valence-electron chi connectivity index (χ2n) is 11.0. The SMILES string of the molecule is COc1cc(CN2C[C@H](O)[C@@H](N3CCN(c4ccccc4)CC3)C2)ccc1OCCN1CCC(C)CC1. The highest BCUT2D eigenvalue weighted by molar-refractivity contribution is 5.46. The smallest absolute Gasteiger partial charge is 0.161 e. The van der Waals surface area contributed by atoms with Gasteiger partial charge in [0.15, 0.2) is 11.5 Å². The van der Waals surface area contributed by atoms with E-state index in [4.69, 9.17) is 9.47 Å². The first-order chi connectivity index (χ1) is 18.1. The summed E-state index contributed by atoms with van der Waals surface area (Å²) in [6, 6.07) is 17.1. The van der Waals surface area contributed by atoms with Gasteiger partial charge in [0.05, 0.1) is 13.2 Å². The number of methoxy groups -OCH3 is 1. The van der Waals surface area contributed by atoms with Gasteiger partial charge in [-0.15, -0.1) is 0 Å². The number of ether oxygens (including phenoxy) is 2. The van der Waals surface area contributed by atoms with Crippen LogP contribution < -0.4 is 14.4 Å². The maximum Gasteiger partial charge on any atom is 0.161 e. The Balaban J connectivity index is 1.10. The van der Waals surface area contributed by atoms with Crippen LogP contribution in [0.3, 0.4) is 0 Å². The number of β-amino-alcohol motifs (C(OH)–C–C–N with tert-alkyl or cyclic N) is 1. The van der Waals surface area contributed by atoms with Gasteiger partial charge >= 0.3 is 0 Å². The molecule has 2 aromatic carbocycles. The lowest BCUT2D eigenvalue weighted by Gasteiger charge is -2.39. The molecule has 0 unspecified atom stereocenters. The van der Waals surface area contributed by atoms with Crippen LogP contribution in [-0.2, 0) is 6.54 Å². The topological polar surface area (TPSA) is 51.7 Å². The number of hydrogen-bond donors (Lipinski definition) is 1. The number of aliphatic hydroxyl groups is 1. The number of benzene rings is 2. The van der Waals surface area contributed by atoms with Gasteiger partial charge in [0, 0.05) is 64.1 Å². The summed E-state index contributed by atoms with van der Waals surface area (Å²) in [5.74, 6) is 2.45. The van der Waals surface area contributed by atoms with Crippen LogP contribution in [0.2, 0.25) is 0 Å². The number of aliphatic hydroxyl groups excluding tert-OH is 1. The van der Waals surface area contributed by atoms with E-state index in [9.17, 15) is 5.11 Å². The predicted molar refractivity (Wildman–Crippen MR) is 149 cm³/mol. The van der Waals surface area contributed by atoms with Crippen LogP contribution in [0.5, 0.6) is 11.5 Å². The summed E-state index contributed by atoms with van der Waals surface area (Å²) in [6.45, 7) is 12.7. The maximum atomic E-state index is 10.9. The van der Waals surface area contributed by atoms with Crippen molar-refractivity contribution in [1.29, 1.82) is 0 Å². The number of hydrogen-bond acceptors (Lipinski definition) is 7. The second-order valence-corrected chi connectivity index (χ2v) is 11.0. The highest BCUT2D eigenvalue weighted by Crippen LogP contribution is 2.30.